The molecule has 0 saturated heterocycles. The predicted molar refractivity (Wildman–Crippen MR) is 79.2 cm³/mol. The van der Waals surface area contributed by atoms with Crippen LogP contribution >= 0.6 is 0 Å². The number of rotatable bonds is 5. The van der Waals surface area contributed by atoms with Crippen LogP contribution in [0.4, 0.5) is 0 Å². The van der Waals surface area contributed by atoms with Crippen molar-refractivity contribution in [1.82, 2.24) is 14.5 Å². The third kappa shape index (κ3) is 2.79. The second kappa shape index (κ2) is 5.62. The van der Waals surface area contributed by atoms with Crippen molar-refractivity contribution in [3.05, 3.63) is 36.2 Å². The van der Waals surface area contributed by atoms with Crippen molar-refractivity contribution in [2.45, 2.75) is 31.3 Å². The Labute approximate surface area is 128 Å². The molecule has 0 unspecified atom stereocenters. The van der Waals surface area contributed by atoms with Gasteiger partial charge in [0, 0.05) is 18.8 Å². The predicted octanol–water partition coefficient (Wildman–Crippen LogP) is 1.67. The quantitative estimate of drug-likeness (QED) is 0.905. The van der Waals surface area contributed by atoms with Gasteiger partial charge in [-0.3, -0.25) is 4.68 Å². The molecule has 0 amide bonds. The Kier molecular flexibility index (Phi) is 3.79. The molecular formula is C14H17N3O4S. The molecule has 0 saturated carbocycles. The first-order valence-electron chi connectivity index (χ1n) is 6.94. The zero-order valence-electron chi connectivity index (χ0n) is 12.3. The fourth-order valence-electron chi connectivity index (χ4n) is 2.21. The largest absolute Gasteiger partial charge is 0.454 e. The van der Waals surface area contributed by atoms with Gasteiger partial charge in [0.15, 0.2) is 11.5 Å². The minimum Gasteiger partial charge on any atom is -0.454 e. The molecule has 1 aromatic heterocycles. The van der Waals surface area contributed by atoms with Crippen LogP contribution in [0.5, 0.6) is 11.5 Å². The molecule has 0 fully saturated rings. The SMILES string of the molecule is CCn1cc(S(=O)(=O)N[C@H](C)c2ccc3c(c2)OCO3)cn1. The van der Waals surface area contributed by atoms with E-state index in [0.29, 0.717) is 18.0 Å². The minimum absolute atomic E-state index is 0.155. The van der Waals surface area contributed by atoms with E-state index < -0.39 is 16.1 Å². The highest BCUT2D eigenvalue weighted by molar-refractivity contribution is 7.89. The average molecular weight is 323 g/mol. The Hall–Kier alpha value is -2.06. The van der Waals surface area contributed by atoms with Crippen LogP contribution in [0.2, 0.25) is 0 Å². The highest BCUT2D eigenvalue weighted by Gasteiger charge is 2.22. The Morgan fingerprint density at radius 2 is 2.14 bits per heavy atom. The van der Waals surface area contributed by atoms with Crippen LogP contribution in [0, 0.1) is 0 Å². The number of ether oxygens (including phenoxy) is 2. The van der Waals surface area contributed by atoms with Gasteiger partial charge in [-0.15, -0.1) is 0 Å². The summed E-state index contributed by atoms with van der Waals surface area (Å²) >= 11 is 0. The van der Waals surface area contributed by atoms with E-state index in [-0.39, 0.29) is 11.7 Å². The van der Waals surface area contributed by atoms with Gasteiger partial charge >= 0.3 is 0 Å². The number of fused-ring (bicyclic) bond motifs is 1. The van der Waals surface area contributed by atoms with Gasteiger partial charge in [-0.2, -0.15) is 5.10 Å². The van der Waals surface area contributed by atoms with E-state index in [1.54, 1.807) is 23.7 Å². The molecule has 2 aromatic rings. The standard InChI is InChI=1S/C14H17N3O4S/c1-3-17-8-12(7-15-17)22(18,19)16-10(2)11-4-5-13-14(6-11)21-9-20-13/h4-8,10,16H,3,9H2,1-2H3/t10-/m1/s1. The number of nitrogens with zero attached hydrogens (tertiary/aromatic N) is 2. The molecule has 1 atom stereocenters. The Balaban J connectivity index is 1.79. The van der Waals surface area contributed by atoms with Crippen LogP contribution in [0.15, 0.2) is 35.5 Å². The van der Waals surface area contributed by atoms with Crippen LogP contribution < -0.4 is 14.2 Å². The molecule has 0 radical (unpaired) electrons. The molecule has 1 aliphatic heterocycles. The lowest BCUT2D eigenvalue weighted by Gasteiger charge is -2.14. The number of nitrogens with one attached hydrogen (secondary N) is 1. The molecule has 8 heteroatoms. The molecule has 1 aliphatic rings. The molecule has 0 aliphatic carbocycles. The van der Waals surface area contributed by atoms with Crippen molar-refractivity contribution in [3.8, 4) is 11.5 Å². The molecule has 22 heavy (non-hydrogen) atoms. The maximum Gasteiger partial charge on any atom is 0.244 e. The average Bonchev–Trinajstić information content (AvgIpc) is 3.15. The fraction of sp³-hybridized carbons (Fsp3) is 0.357. The maximum absolute atomic E-state index is 12.4. The Morgan fingerprint density at radius 3 is 2.86 bits per heavy atom. The van der Waals surface area contributed by atoms with Gasteiger partial charge < -0.3 is 9.47 Å². The van der Waals surface area contributed by atoms with Crippen molar-refractivity contribution < 1.29 is 17.9 Å². The summed E-state index contributed by atoms with van der Waals surface area (Å²) in [6, 6.07) is 4.98. The summed E-state index contributed by atoms with van der Waals surface area (Å²) in [6.45, 7) is 4.48. The molecule has 0 bridgehead atoms. The van der Waals surface area contributed by atoms with Crippen molar-refractivity contribution in [3.63, 3.8) is 0 Å². The van der Waals surface area contributed by atoms with Crippen molar-refractivity contribution >= 4 is 10.0 Å². The summed E-state index contributed by atoms with van der Waals surface area (Å²) in [5.74, 6) is 1.30. The number of hydrogen-bond donors (Lipinski definition) is 1. The summed E-state index contributed by atoms with van der Waals surface area (Å²) in [5.41, 5.74) is 0.802. The number of hydrogen-bond acceptors (Lipinski definition) is 5. The van der Waals surface area contributed by atoms with Gasteiger partial charge in [-0.25, -0.2) is 13.1 Å². The zero-order chi connectivity index (χ0) is 15.7. The van der Waals surface area contributed by atoms with Crippen LogP contribution in [0.1, 0.15) is 25.5 Å². The van der Waals surface area contributed by atoms with E-state index >= 15 is 0 Å². The number of aromatic nitrogens is 2. The van der Waals surface area contributed by atoms with Gasteiger partial charge in [0.25, 0.3) is 0 Å². The summed E-state index contributed by atoms with van der Waals surface area (Å²) in [4.78, 5) is 0.155. The lowest BCUT2D eigenvalue weighted by atomic mass is 10.1. The third-order valence-electron chi connectivity index (χ3n) is 3.47. The van der Waals surface area contributed by atoms with Crippen LogP contribution in [-0.4, -0.2) is 25.0 Å². The summed E-state index contributed by atoms with van der Waals surface area (Å²) in [5, 5.41) is 3.99. The highest BCUT2D eigenvalue weighted by Crippen LogP contribution is 2.34. The van der Waals surface area contributed by atoms with Crippen LogP contribution in [0.25, 0.3) is 0 Å². The first-order valence-corrected chi connectivity index (χ1v) is 8.42. The van der Waals surface area contributed by atoms with Gasteiger partial charge in [-0.1, -0.05) is 6.07 Å². The number of benzene rings is 1. The third-order valence-corrected chi connectivity index (χ3v) is 4.97. The molecule has 7 nitrogen and oxygen atoms in total. The van der Waals surface area contributed by atoms with Crippen LogP contribution in [0.3, 0.4) is 0 Å². The van der Waals surface area contributed by atoms with E-state index in [1.165, 1.54) is 12.4 Å². The van der Waals surface area contributed by atoms with Gasteiger partial charge in [-0.05, 0) is 31.5 Å². The second-order valence-electron chi connectivity index (χ2n) is 4.99. The Bertz CT molecular complexity index is 785. The molecular weight excluding hydrogens is 306 g/mol. The van der Waals surface area contributed by atoms with Gasteiger partial charge in [0.1, 0.15) is 4.90 Å². The molecule has 2 heterocycles. The highest BCUT2D eigenvalue weighted by atomic mass is 32.2. The Morgan fingerprint density at radius 1 is 1.36 bits per heavy atom. The lowest BCUT2D eigenvalue weighted by Crippen LogP contribution is -2.26. The van der Waals surface area contributed by atoms with E-state index in [4.69, 9.17) is 9.47 Å². The van der Waals surface area contributed by atoms with E-state index in [1.807, 2.05) is 13.0 Å². The second-order valence-corrected chi connectivity index (χ2v) is 6.70. The summed E-state index contributed by atoms with van der Waals surface area (Å²) in [6.07, 6.45) is 2.85. The van der Waals surface area contributed by atoms with Crippen LogP contribution in [-0.2, 0) is 16.6 Å². The molecule has 1 aromatic carbocycles. The minimum atomic E-state index is -3.62. The summed E-state index contributed by atoms with van der Waals surface area (Å²) in [7, 11) is -3.62. The zero-order valence-corrected chi connectivity index (χ0v) is 13.1. The van der Waals surface area contributed by atoms with Gasteiger partial charge in [0.05, 0.1) is 6.20 Å². The van der Waals surface area contributed by atoms with Crippen molar-refractivity contribution in [1.29, 1.82) is 0 Å². The number of sulfonamides is 1. The topological polar surface area (TPSA) is 82.5 Å². The van der Waals surface area contributed by atoms with Gasteiger partial charge in [0.2, 0.25) is 16.8 Å². The fourth-order valence-corrected chi connectivity index (χ4v) is 3.39. The first kappa shape index (κ1) is 14.9. The number of aryl methyl sites for hydroxylation is 1. The van der Waals surface area contributed by atoms with Crippen molar-refractivity contribution in [2.24, 2.45) is 0 Å². The molecule has 3 rings (SSSR count). The maximum atomic E-state index is 12.4. The molecule has 0 spiro atoms. The van der Waals surface area contributed by atoms with E-state index in [0.717, 1.165) is 5.56 Å². The first-order chi connectivity index (χ1) is 10.5. The molecule has 1 N–H and O–H groups in total. The monoisotopic (exact) mass is 323 g/mol. The summed E-state index contributed by atoms with van der Waals surface area (Å²) < 4.78 is 39.5. The lowest BCUT2D eigenvalue weighted by molar-refractivity contribution is 0.174. The van der Waals surface area contributed by atoms with E-state index in [9.17, 15) is 8.42 Å². The molecule has 118 valence electrons. The van der Waals surface area contributed by atoms with E-state index in [2.05, 4.69) is 9.82 Å². The normalized spacial score (nSPS) is 15.0. The van der Waals surface area contributed by atoms with Crippen molar-refractivity contribution in [2.75, 3.05) is 6.79 Å². The smallest absolute Gasteiger partial charge is 0.244 e.